The van der Waals surface area contributed by atoms with Crippen LogP contribution in [0, 0.1) is 0 Å². The summed E-state index contributed by atoms with van der Waals surface area (Å²) in [6.45, 7) is 1.94. The van der Waals surface area contributed by atoms with Crippen LogP contribution in [0.1, 0.15) is 16.6 Å². The van der Waals surface area contributed by atoms with Gasteiger partial charge in [-0.15, -0.1) is 11.3 Å². The summed E-state index contributed by atoms with van der Waals surface area (Å²) in [4.78, 5) is 25.8. The lowest BCUT2D eigenvalue weighted by molar-refractivity contribution is -0.133. The van der Waals surface area contributed by atoms with Crippen molar-refractivity contribution in [2.75, 3.05) is 27.3 Å². The molecule has 1 aromatic heterocycles. The van der Waals surface area contributed by atoms with Gasteiger partial charge in [0.1, 0.15) is 6.04 Å². The van der Waals surface area contributed by atoms with E-state index >= 15 is 0 Å². The summed E-state index contributed by atoms with van der Waals surface area (Å²) in [5.41, 5.74) is 0. The van der Waals surface area contributed by atoms with Crippen molar-refractivity contribution in [2.24, 2.45) is 0 Å². The van der Waals surface area contributed by atoms with Gasteiger partial charge < -0.3 is 20.1 Å². The monoisotopic (exact) mass is 300 g/mol. The Morgan fingerprint density at radius 3 is 2.80 bits per heavy atom. The van der Waals surface area contributed by atoms with Crippen molar-refractivity contribution in [3.63, 3.8) is 0 Å². The standard InChI is InChI=1S/C13H20N2O4S/c1-9(14-12(17)11-5-4-6-20-11)13(18)15(2)7-10(16)8-19-3/h4-6,9-10,16H,7-8H2,1-3H3,(H,14,17). The molecule has 20 heavy (non-hydrogen) atoms. The molecular formula is C13H20N2O4S. The maximum atomic E-state index is 12.1. The van der Waals surface area contributed by atoms with Gasteiger partial charge in [0.25, 0.3) is 5.91 Å². The van der Waals surface area contributed by atoms with Crippen molar-refractivity contribution in [3.8, 4) is 0 Å². The Bertz CT molecular complexity index is 436. The molecule has 2 amide bonds. The molecule has 0 aliphatic carbocycles. The first-order chi connectivity index (χ1) is 9.45. The molecule has 1 aromatic rings. The Balaban J connectivity index is 2.47. The van der Waals surface area contributed by atoms with Gasteiger partial charge in [0, 0.05) is 20.7 Å². The fourth-order valence-corrected chi connectivity index (χ4v) is 2.35. The molecule has 2 atom stereocenters. The quantitative estimate of drug-likeness (QED) is 0.761. The molecule has 0 bridgehead atoms. The lowest BCUT2D eigenvalue weighted by Crippen LogP contribution is -2.47. The van der Waals surface area contributed by atoms with Crippen molar-refractivity contribution in [2.45, 2.75) is 19.1 Å². The Morgan fingerprint density at radius 1 is 1.55 bits per heavy atom. The molecule has 0 saturated carbocycles. The lowest BCUT2D eigenvalue weighted by atomic mass is 10.2. The third-order valence-electron chi connectivity index (χ3n) is 2.68. The number of aliphatic hydroxyl groups is 1. The zero-order valence-electron chi connectivity index (χ0n) is 11.8. The summed E-state index contributed by atoms with van der Waals surface area (Å²) in [5, 5.41) is 14.0. The largest absolute Gasteiger partial charge is 0.389 e. The highest BCUT2D eigenvalue weighted by molar-refractivity contribution is 7.12. The minimum Gasteiger partial charge on any atom is -0.389 e. The Labute approximate surface area is 122 Å². The number of carbonyl (C=O) groups is 2. The predicted octanol–water partition coefficient (Wildman–Crippen LogP) is 0.332. The van der Waals surface area contributed by atoms with E-state index < -0.39 is 12.1 Å². The molecule has 112 valence electrons. The van der Waals surface area contributed by atoms with Crippen molar-refractivity contribution >= 4 is 23.2 Å². The smallest absolute Gasteiger partial charge is 0.261 e. The SMILES string of the molecule is COCC(O)CN(C)C(=O)C(C)NC(=O)c1cccs1. The topological polar surface area (TPSA) is 78.9 Å². The number of aliphatic hydroxyl groups excluding tert-OH is 1. The number of nitrogens with zero attached hydrogens (tertiary/aromatic N) is 1. The van der Waals surface area contributed by atoms with Crippen molar-refractivity contribution in [3.05, 3.63) is 22.4 Å². The molecule has 1 rings (SSSR count). The number of methoxy groups -OCH3 is 1. The molecule has 1 heterocycles. The summed E-state index contributed by atoms with van der Waals surface area (Å²) in [6.07, 6.45) is -0.742. The maximum absolute atomic E-state index is 12.1. The molecular weight excluding hydrogens is 280 g/mol. The van der Waals surface area contributed by atoms with Crippen molar-refractivity contribution in [1.29, 1.82) is 0 Å². The molecule has 0 aliphatic heterocycles. The maximum Gasteiger partial charge on any atom is 0.261 e. The number of thiophene rings is 1. The van der Waals surface area contributed by atoms with Crippen LogP contribution in [0.3, 0.4) is 0 Å². The second-order valence-electron chi connectivity index (χ2n) is 4.50. The fourth-order valence-electron chi connectivity index (χ4n) is 1.72. The molecule has 0 fully saturated rings. The summed E-state index contributed by atoms with van der Waals surface area (Å²) in [7, 11) is 3.06. The summed E-state index contributed by atoms with van der Waals surface area (Å²) < 4.78 is 4.80. The number of carbonyl (C=O) groups excluding carboxylic acids is 2. The minimum atomic E-state index is -0.742. The number of nitrogens with one attached hydrogen (secondary N) is 1. The fraction of sp³-hybridized carbons (Fsp3) is 0.538. The van der Waals surface area contributed by atoms with Gasteiger partial charge >= 0.3 is 0 Å². The second kappa shape index (κ2) is 7.98. The van der Waals surface area contributed by atoms with Gasteiger partial charge in [0.05, 0.1) is 17.6 Å². The third kappa shape index (κ3) is 4.92. The second-order valence-corrected chi connectivity index (χ2v) is 5.45. The Morgan fingerprint density at radius 2 is 2.25 bits per heavy atom. The van der Waals surface area contributed by atoms with Crippen LogP contribution < -0.4 is 5.32 Å². The highest BCUT2D eigenvalue weighted by atomic mass is 32.1. The summed E-state index contributed by atoms with van der Waals surface area (Å²) in [6, 6.07) is 2.83. The van der Waals surface area contributed by atoms with Gasteiger partial charge in [0.15, 0.2) is 0 Å². The number of amides is 2. The van der Waals surface area contributed by atoms with Crippen molar-refractivity contribution < 1.29 is 19.4 Å². The zero-order valence-corrected chi connectivity index (χ0v) is 12.6. The number of hydrogen-bond donors (Lipinski definition) is 2. The van der Waals surface area contributed by atoms with Crippen LogP contribution in [0.2, 0.25) is 0 Å². The highest BCUT2D eigenvalue weighted by Crippen LogP contribution is 2.08. The molecule has 0 radical (unpaired) electrons. The van der Waals surface area contributed by atoms with Gasteiger partial charge in [-0.25, -0.2) is 0 Å². The Kier molecular flexibility index (Phi) is 6.63. The van der Waals surface area contributed by atoms with Crippen LogP contribution in [0.15, 0.2) is 17.5 Å². The minimum absolute atomic E-state index is 0.159. The molecule has 0 aromatic carbocycles. The van der Waals surface area contributed by atoms with Crippen LogP contribution in [0.4, 0.5) is 0 Å². The van der Waals surface area contributed by atoms with E-state index in [4.69, 9.17) is 4.74 Å². The van der Waals surface area contributed by atoms with E-state index in [1.807, 2.05) is 0 Å². The predicted molar refractivity (Wildman–Crippen MR) is 76.8 cm³/mol. The third-order valence-corrected chi connectivity index (χ3v) is 3.55. The van der Waals surface area contributed by atoms with E-state index in [1.54, 1.807) is 31.5 Å². The average molecular weight is 300 g/mol. The highest BCUT2D eigenvalue weighted by Gasteiger charge is 2.22. The van der Waals surface area contributed by atoms with Gasteiger partial charge in [0.2, 0.25) is 5.91 Å². The van der Waals surface area contributed by atoms with E-state index in [0.29, 0.717) is 4.88 Å². The van der Waals surface area contributed by atoms with E-state index in [1.165, 1.54) is 23.3 Å². The van der Waals surface area contributed by atoms with Crippen LogP contribution in [0.5, 0.6) is 0 Å². The zero-order chi connectivity index (χ0) is 15.1. The molecule has 0 saturated heterocycles. The number of ether oxygens (including phenoxy) is 1. The van der Waals surface area contributed by atoms with Gasteiger partial charge in [-0.2, -0.15) is 0 Å². The molecule has 7 heteroatoms. The van der Waals surface area contributed by atoms with E-state index in [-0.39, 0.29) is 25.0 Å². The van der Waals surface area contributed by atoms with Gasteiger partial charge in [-0.05, 0) is 18.4 Å². The number of likely N-dealkylation sites (N-methyl/N-ethyl adjacent to an activating group) is 1. The van der Waals surface area contributed by atoms with Gasteiger partial charge in [-0.1, -0.05) is 6.07 Å². The first-order valence-electron chi connectivity index (χ1n) is 6.22. The van der Waals surface area contributed by atoms with Crippen LogP contribution in [-0.2, 0) is 9.53 Å². The average Bonchev–Trinajstić information content (AvgIpc) is 2.91. The number of hydrogen-bond acceptors (Lipinski definition) is 5. The first-order valence-corrected chi connectivity index (χ1v) is 7.10. The Hall–Kier alpha value is -1.44. The first kappa shape index (κ1) is 16.6. The molecule has 0 aliphatic rings. The lowest BCUT2D eigenvalue weighted by Gasteiger charge is -2.24. The summed E-state index contributed by atoms with van der Waals surface area (Å²) in [5.74, 6) is -0.531. The van der Waals surface area contributed by atoms with E-state index in [9.17, 15) is 14.7 Å². The molecule has 0 spiro atoms. The number of rotatable bonds is 7. The van der Waals surface area contributed by atoms with Crippen molar-refractivity contribution in [1.82, 2.24) is 10.2 Å². The van der Waals surface area contributed by atoms with Crippen LogP contribution in [-0.4, -0.2) is 61.3 Å². The van der Waals surface area contributed by atoms with E-state index in [0.717, 1.165) is 0 Å². The van der Waals surface area contributed by atoms with E-state index in [2.05, 4.69) is 5.32 Å². The summed E-state index contributed by atoms with van der Waals surface area (Å²) >= 11 is 1.32. The normalized spacial score (nSPS) is 13.6. The molecule has 6 nitrogen and oxygen atoms in total. The van der Waals surface area contributed by atoms with Crippen LogP contribution >= 0.6 is 11.3 Å². The molecule has 2 N–H and O–H groups in total. The molecule has 2 unspecified atom stereocenters. The van der Waals surface area contributed by atoms with Crippen LogP contribution in [0.25, 0.3) is 0 Å². The van der Waals surface area contributed by atoms with Gasteiger partial charge in [-0.3, -0.25) is 9.59 Å².